The summed E-state index contributed by atoms with van der Waals surface area (Å²) in [4.78, 5) is 23.9. The Labute approximate surface area is 121 Å². The predicted octanol–water partition coefficient (Wildman–Crippen LogP) is 2.23. The Balaban J connectivity index is 2.53. The van der Waals surface area contributed by atoms with E-state index < -0.39 is 4.92 Å². The van der Waals surface area contributed by atoms with E-state index in [0.29, 0.717) is 12.1 Å². The fourth-order valence-corrected chi connectivity index (χ4v) is 1.91. The summed E-state index contributed by atoms with van der Waals surface area (Å²) >= 11 is 0. The SMILES string of the molecule is CCc1nc(N(OC)c2ccccc2)nc(N)c1[N+](=O)[O-]. The number of hydrogen-bond acceptors (Lipinski definition) is 7. The van der Waals surface area contributed by atoms with E-state index in [-0.39, 0.29) is 23.1 Å². The zero-order chi connectivity index (χ0) is 15.4. The molecular weight excluding hydrogens is 274 g/mol. The van der Waals surface area contributed by atoms with Crippen molar-refractivity contribution in [2.75, 3.05) is 17.9 Å². The van der Waals surface area contributed by atoms with Crippen LogP contribution < -0.4 is 10.8 Å². The molecule has 8 nitrogen and oxygen atoms in total. The van der Waals surface area contributed by atoms with Gasteiger partial charge in [0.1, 0.15) is 5.69 Å². The molecule has 0 atom stereocenters. The number of benzene rings is 1. The van der Waals surface area contributed by atoms with Crippen molar-refractivity contribution in [3.8, 4) is 0 Å². The van der Waals surface area contributed by atoms with Crippen LogP contribution in [0, 0.1) is 10.1 Å². The largest absolute Gasteiger partial charge is 0.378 e. The van der Waals surface area contributed by atoms with Crippen LogP contribution in [0.3, 0.4) is 0 Å². The summed E-state index contributed by atoms with van der Waals surface area (Å²) in [6.07, 6.45) is 0.363. The normalized spacial score (nSPS) is 10.4. The van der Waals surface area contributed by atoms with E-state index in [1.165, 1.54) is 12.2 Å². The van der Waals surface area contributed by atoms with E-state index in [1.54, 1.807) is 19.1 Å². The minimum Gasteiger partial charge on any atom is -0.378 e. The number of hydrogen-bond donors (Lipinski definition) is 1. The van der Waals surface area contributed by atoms with Gasteiger partial charge < -0.3 is 5.73 Å². The molecule has 21 heavy (non-hydrogen) atoms. The van der Waals surface area contributed by atoms with E-state index in [0.717, 1.165) is 0 Å². The number of aromatic nitrogens is 2. The summed E-state index contributed by atoms with van der Waals surface area (Å²) in [6.45, 7) is 1.76. The second-order valence-electron chi connectivity index (χ2n) is 4.13. The molecule has 0 spiro atoms. The topological polar surface area (TPSA) is 107 Å². The second-order valence-corrected chi connectivity index (χ2v) is 4.13. The van der Waals surface area contributed by atoms with Gasteiger partial charge in [0.25, 0.3) is 5.95 Å². The van der Waals surface area contributed by atoms with Crippen LogP contribution in [0.5, 0.6) is 0 Å². The molecule has 0 aliphatic carbocycles. The predicted molar refractivity (Wildman–Crippen MR) is 78.1 cm³/mol. The van der Waals surface area contributed by atoms with Gasteiger partial charge >= 0.3 is 5.69 Å². The number of nitrogens with two attached hydrogens (primary N) is 1. The van der Waals surface area contributed by atoms with Crippen LogP contribution in [0.25, 0.3) is 0 Å². The van der Waals surface area contributed by atoms with Gasteiger partial charge in [-0.25, -0.2) is 4.98 Å². The summed E-state index contributed by atoms with van der Waals surface area (Å²) in [6, 6.07) is 9.12. The number of para-hydroxylation sites is 1. The molecule has 0 radical (unpaired) electrons. The molecule has 8 heteroatoms. The number of rotatable bonds is 5. The first-order valence-electron chi connectivity index (χ1n) is 6.28. The Hall–Kier alpha value is -2.74. The Morgan fingerprint density at radius 2 is 2.00 bits per heavy atom. The van der Waals surface area contributed by atoms with Crippen molar-refractivity contribution < 1.29 is 9.76 Å². The summed E-state index contributed by atoms with van der Waals surface area (Å²) in [5, 5.41) is 12.4. The molecule has 1 aromatic carbocycles. The van der Waals surface area contributed by atoms with Gasteiger partial charge in [0.05, 0.1) is 17.7 Å². The zero-order valence-electron chi connectivity index (χ0n) is 11.7. The number of nitrogens with zero attached hydrogens (tertiary/aromatic N) is 4. The van der Waals surface area contributed by atoms with Crippen LogP contribution in [0.4, 0.5) is 23.1 Å². The lowest BCUT2D eigenvalue weighted by molar-refractivity contribution is -0.385. The lowest BCUT2D eigenvalue weighted by Gasteiger charge is -2.20. The van der Waals surface area contributed by atoms with Crippen molar-refractivity contribution in [1.82, 2.24) is 9.97 Å². The third-order valence-electron chi connectivity index (χ3n) is 2.84. The third kappa shape index (κ3) is 2.90. The minimum atomic E-state index is -0.572. The molecule has 110 valence electrons. The Bertz CT molecular complexity index is 648. The fourth-order valence-electron chi connectivity index (χ4n) is 1.91. The molecule has 0 bridgehead atoms. The van der Waals surface area contributed by atoms with Crippen LogP contribution in [-0.4, -0.2) is 22.0 Å². The lowest BCUT2D eigenvalue weighted by Crippen LogP contribution is -2.20. The van der Waals surface area contributed by atoms with Gasteiger partial charge in [-0.1, -0.05) is 25.1 Å². The van der Waals surface area contributed by atoms with Crippen molar-refractivity contribution in [3.63, 3.8) is 0 Å². The van der Waals surface area contributed by atoms with Crippen LogP contribution in [0.15, 0.2) is 30.3 Å². The van der Waals surface area contributed by atoms with Crippen molar-refractivity contribution in [3.05, 3.63) is 46.1 Å². The van der Waals surface area contributed by atoms with E-state index in [1.807, 2.05) is 18.2 Å². The number of nitro groups is 1. The highest BCUT2D eigenvalue weighted by Crippen LogP contribution is 2.29. The van der Waals surface area contributed by atoms with Gasteiger partial charge in [0, 0.05) is 0 Å². The minimum absolute atomic E-state index is 0.156. The van der Waals surface area contributed by atoms with Crippen LogP contribution in [0.1, 0.15) is 12.6 Å². The highest BCUT2D eigenvalue weighted by molar-refractivity contribution is 5.62. The molecule has 0 saturated carbocycles. The van der Waals surface area contributed by atoms with Crippen molar-refractivity contribution in [2.24, 2.45) is 0 Å². The standard InChI is InChI=1S/C13H15N5O3/c1-3-10-11(18(19)20)12(14)16-13(15-10)17(21-2)9-7-5-4-6-8-9/h4-8H,3H2,1-2H3,(H2,14,15,16). The first kappa shape index (κ1) is 14.7. The van der Waals surface area contributed by atoms with Crippen molar-refractivity contribution in [2.45, 2.75) is 13.3 Å². The molecule has 2 aromatic rings. The second kappa shape index (κ2) is 6.14. The fraction of sp³-hybridized carbons (Fsp3) is 0.231. The average molecular weight is 289 g/mol. The maximum Gasteiger partial charge on any atom is 0.332 e. The Kier molecular flexibility index (Phi) is 4.29. The summed E-state index contributed by atoms with van der Waals surface area (Å²) in [5.41, 5.74) is 6.39. The van der Waals surface area contributed by atoms with E-state index in [4.69, 9.17) is 10.6 Å². The summed E-state index contributed by atoms with van der Waals surface area (Å²) in [7, 11) is 1.46. The molecule has 2 rings (SSSR count). The Morgan fingerprint density at radius 1 is 1.33 bits per heavy atom. The van der Waals surface area contributed by atoms with Crippen molar-refractivity contribution in [1.29, 1.82) is 0 Å². The van der Waals surface area contributed by atoms with Crippen LogP contribution in [0.2, 0.25) is 0 Å². The number of anilines is 3. The lowest BCUT2D eigenvalue weighted by atomic mass is 10.2. The molecule has 0 unspecified atom stereocenters. The van der Waals surface area contributed by atoms with Gasteiger partial charge in [-0.15, -0.1) is 0 Å². The van der Waals surface area contributed by atoms with E-state index >= 15 is 0 Å². The number of aryl methyl sites for hydroxylation is 1. The molecule has 1 aromatic heterocycles. The maximum atomic E-state index is 11.0. The third-order valence-corrected chi connectivity index (χ3v) is 2.84. The highest BCUT2D eigenvalue weighted by atomic mass is 16.7. The van der Waals surface area contributed by atoms with Gasteiger partial charge in [-0.05, 0) is 18.6 Å². The first-order valence-corrected chi connectivity index (χ1v) is 6.28. The van der Waals surface area contributed by atoms with Gasteiger partial charge in [-0.3, -0.25) is 15.0 Å². The molecule has 0 fully saturated rings. The molecule has 0 aliphatic heterocycles. The molecule has 0 amide bonds. The quantitative estimate of drug-likeness (QED) is 0.664. The molecule has 0 saturated heterocycles. The number of nitrogen functional groups attached to an aromatic ring is 1. The highest BCUT2D eigenvalue weighted by Gasteiger charge is 2.24. The van der Waals surface area contributed by atoms with Gasteiger partial charge in [-0.2, -0.15) is 10.0 Å². The maximum absolute atomic E-state index is 11.0. The van der Waals surface area contributed by atoms with E-state index in [2.05, 4.69) is 9.97 Å². The zero-order valence-corrected chi connectivity index (χ0v) is 11.7. The smallest absolute Gasteiger partial charge is 0.332 e. The van der Waals surface area contributed by atoms with Crippen LogP contribution >= 0.6 is 0 Å². The van der Waals surface area contributed by atoms with E-state index in [9.17, 15) is 10.1 Å². The van der Waals surface area contributed by atoms with Crippen LogP contribution in [-0.2, 0) is 11.3 Å². The average Bonchev–Trinajstić information content (AvgIpc) is 2.48. The van der Waals surface area contributed by atoms with Crippen molar-refractivity contribution >= 4 is 23.1 Å². The molecular formula is C13H15N5O3. The van der Waals surface area contributed by atoms with Gasteiger partial charge in [0.15, 0.2) is 0 Å². The summed E-state index contributed by atoms with van der Waals surface area (Å²) < 4.78 is 0. The van der Waals surface area contributed by atoms with Gasteiger partial charge in [0.2, 0.25) is 5.82 Å². The monoisotopic (exact) mass is 289 g/mol. The molecule has 0 aliphatic rings. The Morgan fingerprint density at radius 3 is 2.52 bits per heavy atom. The molecule has 2 N–H and O–H groups in total. The first-order chi connectivity index (χ1) is 10.1. The summed E-state index contributed by atoms with van der Waals surface area (Å²) in [5.74, 6) is -0.0246. The molecule has 1 heterocycles.